The minimum Gasteiger partial charge on any atom is -0.493 e. The molecule has 1 aromatic heterocycles. The average molecular weight is 338 g/mol. The molecule has 0 aliphatic heterocycles. The molecule has 3 aromatic rings. The van der Waals surface area contributed by atoms with E-state index >= 15 is 0 Å². The van der Waals surface area contributed by atoms with Crippen molar-refractivity contribution >= 4 is 5.69 Å². The molecule has 5 heteroatoms. The van der Waals surface area contributed by atoms with Crippen molar-refractivity contribution in [2.75, 3.05) is 12.4 Å². The molecule has 1 N–H and O–H groups in total. The van der Waals surface area contributed by atoms with Gasteiger partial charge in [-0.1, -0.05) is 36.4 Å². The average Bonchev–Trinajstić information content (AvgIpc) is 2.66. The van der Waals surface area contributed by atoms with Gasteiger partial charge in [0.25, 0.3) is 0 Å². The molecule has 0 atom stereocenters. The van der Waals surface area contributed by atoms with Crippen molar-refractivity contribution in [2.24, 2.45) is 0 Å². The van der Waals surface area contributed by atoms with Crippen molar-refractivity contribution in [3.8, 4) is 11.5 Å². The number of nitrogens with zero attached hydrogens (tertiary/aromatic N) is 1. The van der Waals surface area contributed by atoms with Crippen LogP contribution in [0.3, 0.4) is 0 Å². The van der Waals surface area contributed by atoms with Gasteiger partial charge in [-0.25, -0.2) is 4.39 Å². The highest BCUT2D eigenvalue weighted by atomic mass is 19.1. The maximum absolute atomic E-state index is 13.6. The maximum Gasteiger partial charge on any atom is 0.164 e. The Bertz CT molecular complexity index is 825. The first kappa shape index (κ1) is 16.8. The van der Waals surface area contributed by atoms with E-state index in [1.54, 1.807) is 19.4 Å². The lowest BCUT2D eigenvalue weighted by Crippen LogP contribution is -2.03. The minimum absolute atomic E-state index is 0.378. The van der Waals surface area contributed by atoms with E-state index in [1.165, 1.54) is 6.20 Å². The van der Waals surface area contributed by atoms with Crippen LogP contribution in [0, 0.1) is 5.82 Å². The summed E-state index contributed by atoms with van der Waals surface area (Å²) < 4.78 is 24.9. The van der Waals surface area contributed by atoms with E-state index in [9.17, 15) is 4.39 Å². The molecular weight excluding hydrogens is 319 g/mol. The number of aromatic nitrogens is 1. The van der Waals surface area contributed by atoms with Gasteiger partial charge >= 0.3 is 0 Å². The van der Waals surface area contributed by atoms with Crippen LogP contribution < -0.4 is 14.8 Å². The number of anilines is 1. The molecule has 0 fully saturated rings. The second-order valence-electron chi connectivity index (χ2n) is 5.47. The van der Waals surface area contributed by atoms with Crippen LogP contribution in [-0.2, 0) is 13.2 Å². The first-order chi connectivity index (χ1) is 12.3. The lowest BCUT2D eigenvalue weighted by Gasteiger charge is -2.13. The van der Waals surface area contributed by atoms with E-state index < -0.39 is 0 Å². The van der Waals surface area contributed by atoms with Gasteiger partial charge in [0, 0.05) is 12.7 Å². The van der Waals surface area contributed by atoms with Crippen molar-refractivity contribution in [3.05, 3.63) is 83.9 Å². The van der Waals surface area contributed by atoms with Crippen LogP contribution >= 0.6 is 0 Å². The van der Waals surface area contributed by atoms with Crippen molar-refractivity contribution in [3.63, 3.8) is 0 Å². The highest BCUT2D eigenvalue weighted by molar-refractivity contribution is 5.46. The van der Waals surface area contributed by atoms with Gasteiger partial charge in [0.2, 0.25) is 0 Å². The third kappa shape index (κ3) is 4.47. The van der Waals surface area contributed by atoms with Gasteiger partial charge in [-0.15, -0.1) is 0 Å². The summed E-state index contributed by atoms with van der Waals surface area (Å²) in [7, 11) is 1.61. The first-order valence-corrected chi connectivity index (χ1v) is 7.93. The van der Waals surface area contributed by atoms with Crippen molar-refractivity contribution in [1.82, 2.24) is 4.98 Å². The molecular formula is C20H19FN2O2. The predicted molar refractivity (Wildman–Crippen MR) is 95.3 cm³/mol. The Morgan fingerprint density at radius 3 is 2.60 bits per heavy atom. The fraction of sp³-hybridized carbons (Fsp3) is 0.150. The molecule has 1 heterocycles. The molecule has 0 aliphatic rings. The largest absolute Gasteiger partial charge is 0.493 e. The van der Waals surface area contributed by atoms with Gasteiger partial charge in [0.15, 0.2) is 17.3 Å². The fourth-order valence-corrected chi connectivity index (χ4v) is 2.40. The molecule has 25 heavy (non-hydrogen) atoms. The molecule has 0 saturated carbocycles. The smallest absolute Gasteiger partial charge is 0.164 e. The summed E-state index contributed by atoms with van der Waals surface area (Å²) in [5.74, 6) is 0.937. The van der Waals surface area contributed by atoms with E-state index in [0.717, 1.165) is 11.1 Å². The Kier molecular flexibility index (Phi) is 5.46. The molecule has 0 aliphatic carbocycles. The highest BCUT2D eigenvalue weighted by Crippen LogP contribution is 2.29. The van der Waals surface area contributed by atoms with Crippen LogP contribution in [0.4, 0.5) is 10.1 Å². The second kappa shape index (κ2) is 8.15. The van der Waals surface area contributed by atoms with E-state index in [-0.39, 0.29) is 5.82 Å². The Morgan fingerprint density at radius 1 is 1.00 bits per heavy atom. The number of hydrogen-bond donors (Lipinski definition) is 1. The summed E-state index contributed by atoms with van der Waals surface area (Å²) in [5, 5.41) is 3.06. The van der Waals surface area contributed by atoms with E-state index in [0.29, 0.717) is 30.3 Å². The summed E-state index contributed by atoms with van der Waals surface area (Å²) >= 11 is 0. The van der Waals surface area contributed by atoms with Crippen molar-refractivity contribution in [1.29, 1.82) is 0 Å². The second-order valence-corrected chi connectivity index (χ2v) is 5.47. The highest BCUT2D eigenvalue weighted by Gasteiger charge is 2.07. The van der Waals surface area contributed by atoms with Crippen LogP contribution in [0.15, 0.2) is 67.0 Å². The van der Waals surface area contributed by atoms with Crippen LogP contribution in [0.1, 0.15) is 11.1 Å². The van der Waals surface area contributed by atoms with E-state index in [4.69, 9.17) is 9.47 Å². The van der Waals surface area contributed by atoms with Crippen LogP contribution in [-0.4, -0.2) is 12.1 Å². The van der Waals surface area contributed by atoms with Gasteiger partial charge in [-0.2, -0.15) is 0 Å². The number of halogens is 1. The quantitative estimate of drug-likeness (QED) is 0.692. The molecule has 0 unspecified atom stereocenters. The number of hydrogen-bond acceptors (Lipinski definition) is 4. The monoisotopic (exact) mass is 338 g/mol. The standard InChI is InChI=1S/C20H19FN2O2/c1-24-19-8-7-16(12-23-18-9-10-22-13-17(18)21)11-20(19)25-14-15-5-3-2-4-6-15/h2-11,13H,12,14H2,1H3,(H,22,23). The maximum atomic E-state index is 13.6. The minimum atomic E-state index is -0.378. The third-order valence-corrected chi connectivity index (χ3v) is 3.72. The summed E-state index contributed by atoms with van der Waals surface area (Å²) in [4.78, 5) is 3.74. The first-order valence-electron chi connectivity index (χ1n) is 7.93. The van der Waals surface area contributed by atoms with Gasteiger partial charge in [-0.3, -0.25) is 4.98 Å². The number of benzene rings is 2. The lowest BCUT2D eigenvalue weighted by atomic mass is 10.2. The number of methoxy groups -OCH3 is 1. The summed E-state index contributed by atoms with van der Waals surface area (Å²) in [6.45, 7) is 0.916. The zero-order valence-electron chi connectivity index (χ0n) is 13.9. The Labute approximate surface area is 146 Å². The molecule has 0 saturated heterocycles. The Morgan fingerprint density at radius 2 is 1.84 bits per heavy atom. The number of rotatable bonds is 7. The van der Waals surface area contributed by atoms with Crippen LogP contribution in [0.2, 0.25) is 0 Å². The van der Waals surface area contributed by atoms with Crippen LogP contribution in [0.5, 0.6) is 11.5 Å². The molecule has 0 bridgehead atoms. The van der Waals surface area contributed by atoms with Gasteiger partial charge < -0.3 is 14.8 Å². The zero-order valence-corrected chi connectivity index (χ0v) is 13.9. The Hall–Kier alpha value is -3.08. The SMILES string of the molecule is COc1ccc(CNc2ccncc2F)cc1OCc1ccccc1. The Balaban J connectivity index is 1.70. The van der Waals surface area contributed by atoms with E-state index in [1.807, 2.05) is 48.5 Å². The molecule has 2 aromatic carbocycles. The van der Waals surface area contributed by atoms with E-state index in [2.05, 4.69) is 10.3 Å². The summed E-state index contributed by atoms with van der Waals surface area (Å²) in [6.07, 6.45) is 2.73. The third-order valence-electron chi connectivity index (χ3n) is 3.72. The van der Waals surface area contributed by atoms with Gasteiger partial charge in [-0.05, 0) is 29.3 Å². The van der Waals surface area contributed by atoms with Crippen molar-refractivity contribution in [2.45, 2.75) is 13.2 Å². The molecule has 4 nitrogen and oxygen atoms in total. The number of nitrogens with one attached hydrogen (secondary N) is 1. The predicted octanol–water partition coefficient (Wildman–Crippen LogP) is 4.42. The normalized spacial score (nSPS) is 10.3. The topological polar surface area (TPSA) is 43.4 Å². The number of ether oxygens (including phenoxy) is 2. The lowest BCUT2D eigenvalue weighted by molar-refractivity contribution is 0.284. The fourth-order valence-electron chi connectivity index (χ4n) is 2.40. The van der Waals surface area contributed by atoms with Crippen LogP contribution in [0.25, 0.3) is 0 Å². The van der Waals surface area contributed by atoms with Gasteiger partial charge in [0.05, 0.1) is 19.0 Å². The zero-order chi connectivity index (χ0) is 17.5. The molecule has 0 radical (unpaired) electrons. The van der Waals surface area contributed by atoms with Crippen molar-refractivity contribution < 1.29 is 13.9 Å². The molecule has 128 valence electrons. The molecule has 0 spiro atoms. The summed E-state index contributed by atoms with van der Waals surface area (Å²) in [5.41, 5.74) is 2.45. The number of pyridine rings is 1. The summed E-state index contributed by atoms with van der Waals surface area (Å²) in [6, 6.07) is 17.2. The van der Waals surface area contributed by atoms with Gasteiger partial charge in [0.1, 0.15) is 6.61 Å². The molecule has 0 amide bonds. The molecule has 3 rings (SSSR count).